The van der Waals surface area contributed by atoms with Gasteiger partial charge < -0.3 is 75.8 Å². The van der Waals surface area contributed by atoms with Crippen molar-refractivity contribution in [2.75, 3.05) is 0 Å². The van der Waals surface area contributed by atoms with Gasteiger partial charge in [0, 0.05) is 92.4 Å². The van der Waals surface area contributed by atoms with E-state index in [1.54, 1.807) is 194 Å². The minimum Gasteiger partial charge on any atom is -0.428 e. The maximum absolute atomic E-state index is 14.1. The predicted molar refractivity (Wildman–Crippen MR) is 351 cm³/mol. The highest BCUT2D eigenvalue weighted by atomic mass is 16.8. The number of carbonyl (C=O) groups is 8. The van der Waals surface area contributed by atoms with E-state index < -0.39 is 118 Å². The van der Waals surface area contributed by atoms with Gasteiger partial charge in [0.1, 0.15) is 90.8 Å². The highest BCUT2D eigenvalue weighted by molar-refractivity contribution is 5.76. The van der Waals surface area contributed by atoms with Gasteiger partial charge in [0.15, 0.2) is 0 Å². The van der Waals surface area contributed by atoms with Crippen LogP contribution in [0, 0.1) is 0 Å². The fourth-order valence-electron chi connectivity index (χ4n) is 9.35. The molecule has 0 aromatic heterocycles. The molecule has 0 N–H and O–H groups in total. The summed E-state index contributed by atoms with van der Waals surface area (Å²) in [7, 11) is 0. The Balaban J connectivity index is 2.22. The molecule has 4 aromatic carbocycles. The lowest BCUT2D eigenvalue weighted by Gasteiger charge is -2.29. The second-order valence-corrected chi connectivity index (χ2v) is 31.1. The van der Waals surface area contributed by atoms with Crippen molar-refractivity contribution in [2.45, 2.75) is 262 Å². The molecule has 0 unspecified atom stereocenters. The molecule has 4 aromatic rings. The van der Waals surface area contributed by atoms with Crippen molar-refractivity contribution in [3.05, 3.63) is 93.0 Å². The Hall–Kier alpha value is -8.96. The molecule has 0 fully saturated rings. The molecule has 24 nitrogen and oxygen atoms in total. The van der Waals surface area contributed by atoms with Crippen molar-refractivity contribution >= 4 is 49.2 Å². The number of ether oxygens (including phenoxy) is 16. The summed E-state index contributed by atoms with van der Waals surface area (Å²) in [5.41, 5.74) is -8.11. The quantitative estimate of drug-likeness (QED) is 0.0899. The number of benzene rings is 4. The molecule has 1 aliphatic rings. The van der Waals surface area contributed by atoms with Gasteiger partial charge in [-0.2, -0.15) is 0 Å². The van der Waals surface area contributed by atoms with Crippen molar-refractivity contribution in [3.8, 4) is 46.0 Å². The lowest BCUT2D eigenvalue weighted by Crippen LogP contribution is -2.28. The molecular weight excluding hydrogens is 1250 g/mol. The van der Waals surface area contributed by atoms with Crippen LogP contribution in [0.3, 0.4) is 0 Å². The SMILES string of the molecule is CC1c2cc(c(OC(=O)OC(C)(C)C)cc2OC(=O)OC(C)(C)C)C(C)c2cc(c(OC(=O)OC(C)(C)C)cc2OC(=O)OC(C)(C)C)C(C)c2cc(c(OC(=O)OC(C)(C)C)cc2OC(=O)OC(C)(C)C)C(C)c2cc1c(OC(=O)OC(C)(C)C)cc2OC(=O)OC(C)(C)C. The summed E-state index contributed by atoms with van der Waals surface area (Å²) in [5, 5.41) is 0. The van der Waals surface area contributed by atoms with Gasteiger partial charge in [0.05, 0.1) is 0 Å². The molecule has 0 aliphatic heterocycles. The van der Waals surface area contributed by atoms with E-state index in [0.29, 0.717) is 0 Å². The summed E-state index contributed by atoms with van der Waals surface area (Å²) < 4.78 is 94.6. The Labute approximate surface area is 562 Å². The molecule has 1 aliphatic carbocycles. The summed E-state index contributed by atoms with van der Waals surface area (Å²) in [6.07, 6.45) is -9.65. The molecule has 0 atom stereocenters. The van der Waals surface area contributed by atoms with E-state index in [1.165, 1.54) is 48.5 Å². The van der Waals surface area contributed by atoms with Gasteiger partial charge >= 0.3 is 49.2 Å². The van der Waals surface area contributed by atoms with Gasteiger partial charge in [-0.15, -0.1) is 0 Å². The van der Waals surface area contributed by atoms with Crippen LogP contribution in [0.2, 0.25) is 0 Å². The van der Waals surface area contributed by atoms with Crippen LogP contribution < -0.4 is 37.9 Å². The highest BCUT2D eigenvalue weighted by Crippen LogP contribution is 2.52. The topological polar surface area (TPSA) is 284 Å². The Bertz CT molecular complexity index is 2910. The second-order valence-electron chi connectivity index (χ2n) is 31.1. The molecule has 528 valence electrons. The van der Waals surface area contributed by atoms with E-state index in [-0.39, 0.29) is 90.5 Å². The van der Waals surface area contributed by atoms with E-state index in [0.717, 1.165) is 0 Å². The normalized spacial score (nSPS) is 16.0. The lowest BCUT2D eigenvalue weighted by atomic mass is 9.80. The summed E-state index contributed by atoms with van der Waals surface area (Å²) in [6, 6.07) is 11.1. The van der Waals surface area contributed by atoms with Crippen molar-refractivity contribution in [3.63, 3.8) is 0 Å². The van der Waals surface area contributed by atoms with E-state index in [2.05, 4.69) is 0 Å². The number of hydrogen-bond donors (Lipinski definition) is 0. The number of hydrogen-bond acceptors (Lipinski definition) is 24. The van der Waals surface area contributed by atoms with Crippen LogP contribution in [-0.4, -0.2) is 94.1 Å². The van der Waals surface area contributed by atoms with Crippen molar-refractivity contribution in [1.29, 1.82) is 0 Å². The van der Waals surface area contributed by atoms with Crippen molar-refractivity contribution in [1.82, 2.24) is 0 Å². The summed E-state index contributed by atoms with van der Waals surface area (Å²) >= 11 is 0. The van der Waals surface area contributed by atoms with Gasteiger partial charge in [0.25, 0.3) is 0 Å². The first-order chi connectivity index (χ1) is 43.4. The average Bonchev–Trinajstić information content (AvgIpc) is 0.757. The van der Waals surface area contributed by atoms with E-state index in [4.69, 9.17) is 75.8 Å². The minimum atomic E-state index is -1.21. The van der Waals surface area contributed by atoms with Crippen LogP contribution in [-0.2, 0) is 37.9 Å². The minimum absolute atomic E-state index is 0.104. The van der Waals surface area contributed by atoms with Crippen LogP contribution >= 0.6 is 0 Å². The van der Waals surface area contributed by atoms with E-state index >= 15 is 0 Å². The molecule has 24 heteroatoms. The summed E-state index contributed by atoms with van der Waals surface area (Å²) in [4.78, 5) is 113. The summed E-state index contributed by atoms with van der Waals surface area (Å²) in [5.74, 6) is -6.88. The third-order valence-corrected chi connectivity index (χ3v) is 13.0. The molecule has 0 saturated heterocycles. The summed E-state index contributed by atoms with van der Waals surface area (Å²) in [6.45, 7) is 45.3. The Kier molecular flexibility index (Phi) is 23.3. The van der Waals surface area contributed by atoms with E-state index in [1.807, 2.05) is 0 Å². The standard InChI is InChI=1S/C72H96O24/c1-37-41-29-43(51(83-59(75)91-67(11,12)13)33-49(41)81-57(73)89-65(5,6)7)38(2)45-31-47(55(87-63(79)95-71(23,24)25)35-53(45)85-61(77)93-69(17,18)19)40(4)48-32-46(54(86-62(78)94-70(20,21)22)36-56(48)88-64(80)96-72(26,27)28)39(3)44-30-42(37)50(82-58(74)90-66(8,9)10)34-52(44)84-60(76)92-68(14,15)16/h29-40H,1-28H3. The molecule has 0 saturated carbocycles. The first-order valence-electron chi connectivity index (χ1n) is 31.4. The van der Waals surface area contributed by atoms with Gasteiger partial charge in [0.2, 0.25) is 0 Å². The second kappa shape index (κ2) is 28.8. The van der Waals surface area contributed by atoms with E-state index in [9.17, 15) is 38.4 Å². The third-order valence-electron chi connectivity index (χ3n) is 13.0. The fraction of sp³-hybridized carbons (Fsp3) is 0.556. The van der Waals surface area contributed by atoms with Crippen molar-refractivity contribution < 1.29 is 114 Å². The Morgan fingerprint density at radius 3 is 0.375 bits per heavy atom. The largest absolute Gasteiger partial charge is 0.514 e. The fourth-order valence-corrected chi connectivity index (χ4v) is 9.35. The molecule has 5 rings (SSSR count). The Morgan fingerprint density at radius 1 is 0.198 bits per heavy atom. The van der Waals surface area contributed by atoms with Crippen LogP contribution in [0.25, 0.3) is 0 Å². The van der Waals surface area contributed by atoms with Gasteiger partial charge in [-0.05, 0) is 190 Å². The first-order valence-corrected chi connectivity index (χ1v) is 31.4. The third kappa shape index (κ3) is 23.7. The number of fused-ring (bicyclic) bond motifs is 8. The monoisotopic (exact) mass is 1340 g/mol. The zero-order chi connectivity index (χ0) is 73.1. The van der Waals surface area contributed by atoms with Crippen LogP contribution in [0.15, 0.2) is 48.5 Å². The maximum atomic E-state index is 14.1. The maximum Gasteiger partial charge on any atom is 0.514 e. The number of rotatable bonds is 8. The highest BCUT2D eigenvalue weighted by Gasteiger charge is 2.38. The van der Waals surface area contributed by atoms with Gasteiger partial charge in [-0.1, -0.05) is 27.7 Å². The molecule has 96 heavy (non-hydrogen) atoms. The van der Waals surface area contributed by atoms with Crippen LogP contribution in [0.4, 0.5) is 38.4 Å². The smallest absolute Gasteiger partial charge is 0.428 e. The van der Waals surface area contributed by atoms with Gasteiger partial charge in [-0.3, -0.25) is 0 Å². The van der Waals surface area contributed by atoms with Gasteiger partial charge in [-0.25, -0.2) is 38.4 Å². The molecule has 0 heterocycles. The Morgan fingerprint density at radius 2 is 0.292 bits per heavy atom. The molecule has 8 bridgehead atoms. The molecule has 0 amide bonds. The first kappa shape index (κ1) is 77.7. The molecule has 0 spiro atoms. The molecule has 0 radical (unpaired) electrons. The lowest BCUT2D eigenvalue weighted by molar-refractivity contribution is 0.0175. The molecular formula is C72H96O24. The zero-order valence-electron chi connectivity index (χ0n) is 60.7. The van der Waals surface area contributed by atoms with Crippen LogP contribution in [0.5, 0.6) is 46.0 Å². The zero-order valence-corrected chi connectivity index (χ0v) is 60.7. The number of carbonyl (C=O) groups excluding carboxylic acids is 8. The van der Waals surface area contributed by atoms with Crippen molar-refractivity contribution in [2.24, 2.45) is 0 Å². The average molecular weight is 1350 g/mol. The predicted octanol–water partition coefficient (Wildman–Crippen LogP) is 19.1. The van der Waals surface area contributed by atoms with Crippen LogP contribution in [0.1, 0.15) is 262 Å².